The van der Waals surface area contributed by atoms with E-state index in [2.05, 4.69) is 6.07 Å². The topological polar surface area (TPSA) is 44.1 Å². The van der Waals surface area contributed by atoms with E-state index in [1.54, 1.807) is 6.07 Å². The maximum absolute atomic E-state index is 11.9. The predicted octanol–water partition coefficient (Wildman–Crippen LogP) is 2.51. The Balaban J connectivity index is 2.27. The van der Waals surface area contributed by atoms with E-state index in [0.717, 1.165) is 24.9 Å². The second-order valence-corrected chi connectivity index (χ2v) is 4.47. The number of anilines is 1. The maximum Gasteiger partial charge on any atom is 0.155 e. The summed E-state index contributed by atoms with van der Waals surface area (Å²) in [5.41, 5.74) is 1.49. The number of rotatable bonds is 2. The van der Waals surface area contributed by atoms with Gasteiger partial charge in [-0.05, 0) is 25.0 Å². The second-order valence-electron chi connectivity index (χ2n) is 4.47. The third-order valence-corrected chi connectivity index (χ3v) is 3.39. The number of hydrogen-bond donors (Lipinski definition) is 0. The van der Waals surface area contributed by atoms with Crippen molar-refractivity contribution in [3.05, 3.63) is 29.8 Å². The Hall–Kier alpha value is -1.82. The Morgan fingerprint density at radius 3 is 2.82 bits per heavy atom. The molecule has 1 aliphatic rings. The number of nitriles is 1. The Labute approximate surface area is 102 Å². The van der Waals surface area contributed by atoms with Crippen LogP contribution in [0.5, 0.6) is 0 Å². The van der Waals surface area contributed by atoms with Crippen LogP contribution in [0.3, 0.4) is 0 Å². The molecule has 1 fully saturated rings. The quantitative estimate of drug-likeness (QED) is 0.781. The minimum atomic E-state index is -0.0572. The largest absolute Gasteiger partial charge is 0.363 e. The Kier molecular flexibility index (Phi) is 3.43. The third-order valence-electron chi connectivity index (χ3n) is 3.39. The highest BCUT2D eigenvalue weighted by Crippen LogP contribution is 2.26. The summed E-state index contributed by atoms with van der Waals surface area (Å²) in [7, 11) is 1.91. The SMILES string of the molecule is CN(c1ccccc1C#N)C1CCCCC1=O. The lowest BCUT2D eigenvalue weighted by atomic mass is 9.92. The van der Waals surface area contributed by atoms with Crippen LogP contribution in [0, 0.1) is 11.3 Å². The van der Waals surface area contributed by atoms with Crippen molar-refractivity contribution in [2.75, 3.05) is 11.9 Å². The zero-order chi connectivity index (χ0) is 12.3. The molecule has 0 spiro atoms. The fourth-order valence-corrected chi connectivity index (χ4v) is 2.42. The molecule has 17 heavy (non-hydrogen) atoms. The van der Waals surface area contributed by atoms with Crippen molar-refractivity contribution in [1.82, 2.24) is 0 Å². The van der Waals surface area contributed by atoms with Gasteiger partial charge >= 0.3 is 0 Å². The Bertz CT molecular complexity index is 462. The summed E-state index contributed by atoms with van der Waals surface area (Å²) >= 11 is 0. The minimum absolute atomic E-state index is 0.0572. The first-order chi connectivity index (χ1) is 8.24. The number of hydrogen-bond acceptors (Lipinski definition) is 3. The van der Waals surface area contributed by atoms with E-state index in [1.807, 2.05) is 30.1 Å². The van der Waals surface area contributed by atoms with Crippen molar-refractivity contribution in [2.24, 2.45) is 0 Å². The molecule has 0 radical (unpaired) electrons. The van der Waals surface area contributed by atoms with E-state index >= 15 is 0 Å². The summed E-state index contributed by atoms with van der Waals surface area (Å²) < 4.78 is 0. The average Bonchev–Trinajstić information content (AvgIpc) is 2.38. The molecule has 1 saturated carbocycles. The summed E-state index contributed by atoms with van der Waals surface area (Å²) in [6.07, 6.45) is 3.66. The highest BCUT2D eigenvalue weighted by molar-refractivity contribution is 5.88. The zero-order valence-electron chi connectivity index (χ0n) is 10.0. The molecule has 1 aliphatic carbocycles. The first-order valence-corrected chi connectivity index (χ1v) is 5.98. The van der Waals surface area contributed by atoms with E-state index in [4.69, 9.17) is 5.26 Å². The lowest BCUT2D eigenvalue weighted by molar-refractivity contribution is -0.121. The van der Waals surface area contributed by atoms with Crippen LogP contribution in [0.15, 0.2) is 24.3 Å². The van der Waals surface area contributed by atoms with E-state index in [0.29, 0.717) is 17.8 Å². The number of carbonyl (C=O) groups is 1. The predicted molar refractivity (Wildman–Crippen MR) is 66.8 cm³/mol. The summed E-state index contributed by atoms with van der Waals surface area (Å²) in [5.74, 6) is 0.298. The van der Waals surface area contributed by atoms with Gasteiger partial charge in [-0.1, -0.05) is 18.6 Å². The van der Waals surface area contributed by atoms with Crippen LogP contribution in [0.1, 0.15) is 31.2 Å². The van der Waals surface area contributed by atoms with Crippen molar-refractivity contribution >= 4 is 11.5 Å². The van der Waals surface area contributed by atoms with Gasteiger partial charge in [-0.15, -0.1) is 0 Å². The molecule has 1 unspecified atom stereocenters. The molecule has 1 atom stereocenters. The first-order valence-electron chi connectivity index (χ1n) is 5.98. The zero-order valence-corrected chi connectivity index (χ0v) is 10.0. The molecule has 0 aliphatic heterocycles. The summed E-state index contributed by atoms with van der Waals surface area (Å²) in [6, 6.07) is 9.56. The van der Waals surface area contributed by atoms with Crippen molar-refractivity contribution in [2.45, 2.75) is 31.7 Å². The lowest BCUT2D eigenvalue weighted by Crippen LogP contribution is -2.40. The van der Waals surface area contributed by atoms with Crippen LogP contribution in [0.25, 0.3) is 0 Å². The van der Waals surface area contributed by atoms with Gasteiger partial charge in [0.1, 0.15) is 6.07 Å². The number of Topliss-reactive ketones (excluding diaryl/α,β-unsaturated/α-hetero) is 1. The number of likely N-dealkylation sites (N-methyl/N-ethyl adjacent to an activating group) is 1. The van der Waals surface area contributed by atoms with Crippen LogP contribution in [0.2, 0.25) is 0 Å². The molecule has 1 aromatic rings. The van der Waals surface area contributed by atoms with Gasteiger partial charge in [0.05, 0.1) is 17.3 Å². The van der Waals surface area contributed by atoms with Crippen LogP contribution in [-0.2, 0) is 4.79 Å². The van der Waals surface area contributed by atoms with Gasteiger partial charge in [-0.2, -0.15) is 5.26 Å². The number of nitrogens with zero attached hydrogens (tertiary/aromatic N) is 2. The molecule has 0 N–H and O–H groups in total. The average molecular weight is 228 g/mol. The fourth-order valence-electron chi connectivity index (χ4n) is 2.42. The normalized spacial score (nSPS) is 19.8. The molecular formula is C14H16N2O. The Morgan fingerprint density at radius 1 is 1.35 bits per heavy atom. The monoisotopic (exact) mass is 228 g/mol. The Morgan fingerprint density at radius 2 is 2.12 bits per heavy atom. The third kappa shape index (κ3) is 2.31. The standard InChI is InChI=1S/C14H16N2O/c1-16(13-8-4-5-9-14(13)17)12-7-3-2-6-11(12)10-15/h2-3,6-7,13H,4-5,8-9H2,1H3. The highest BCUT2D eigenvalue weighted by Gasteiger charge is 2.26. The van der Waals surface area contributed by atoms with E-state index in [1.165, 1.54) is 0 Å². The van der Waals surface area contributed by atoms with Crippen molar-refractivity contribution in [1.29, 1.82) is 5.26 Å². The van der Waals surface area contributed by atoms with E-state index in [9.17, 15) is 4.79 Å². The molecule has 0 bridgehead atoms. The number of ketones is 1. The molecule has 0 saturated heterocycles. The van der Waals surface area contributed by atoms with Gasteiger partial charge < -0.3 is 4.90 Å². The molecule has 1 aromatic carbocycles. The van der Waals surface area contributed by atoms with Gasteiger partial charge in [-0.25, -0.2) is 0 Å². The minimum Gasteiger partial charge on any atom is -0.363 e. The second kappa shape index (κ2) is 5.01. The van der Waals surface area contributed by atoms with E-state index < -0.39 is 0 Å². The molecule has 0 heterocycles. The number of benzene rings is 1. The molecule has 88 valence electrons. The van der Waals surface area contributed by atoms with Gasteiger partial charge in [0.25, 0.3) is 0 Å². The first kappa shape index (κ1) is 11.7. The van der Waals surface area contributed by atoms with Crippen LogP contribution in [-0.4, -0.2) is 18.9 Å². The van der Waals surface area contributed by atoms with Crippen LogP contribution >= 0.6 is 0 Å². The smallest absolute Gasteiger partial charge is 0.155 e. The molecule has 2 rings (SSSR count). The summed E-state index contributed by atoms with van der Waals surface area (Å²) in [4.78, 5) is 13.8. The highest BCUT2D eigenvalue weighted by atomic mass is 16.1. The van der Waals surface area contributed by atoms with Crippen molar-refractivity contribution < 1.29 is 4.79 Å². The number of para-hydroxylation sites is 1. The fraction of sp³-hybridized carbons (Fsp3) is 0.429. The van der Waals surface area contributed by atoms with Crippen molar-refractivity contribution in [3.63, 3.8) is 0 Å². The van der Waals surface area contributed by atoms with Crippen molar-refractivity contribution in [3.8, 4) is 6.07 Å². The van der Waals surface area contributed by atoms with Crippen LogP contribution in [0.4, 0.5) is 5.69 Å². The van der Waals surface area contributed by atoms with Crippen LogP contribution < -0.4 is 4.90 Å². The molecule has 0 amide bonds. The van der Waals surface area contributed by atoms with Gasteiger partial charge in [0, 0.05) is 13.5 Å². The van der Waals surface area contributed by atoms with Gasteiger partial charge in [0.15, 0.2) is 5.78 Å². The van der Waals surface area contributed by atoms with Gasteiger partial charge in [0.2, 0.25) is 0 Å². The lowest BCUT2D eigenvalue weighted by Gasteiger charge is -2.32. The van der Waals surface area contributed by atoms with Gasteiger partial charge in [-0.3, -0.25) is 4.79 Å². The molecular weight excluding hydrogens is 212 g/mol. The molecule has 3 nitrogen and oxygen atoms in total. The molecule has 3 heteroatoms. The summed E-state index contributed by atoms with van der Waals surface area (Å²) in [5, 5.41) is 9.07. The summed E-state index contributed by atoms with van der Waals surface area (Å²) in [6.45, 7) is 0. The number of carbonyl (C=O) groups excluding carboxylic acids is 1. The maximum atomic E-state index is 11.9. The molecule has 0 aromatic heterocycles. The van der Waals surface area contributed by atoms with E-state index in [-0.39, 0.29) is 6.04 Å².